The molecule has 0 unspecified atom stereocenters. The van der Waals surface area contributed by atoms with Gasteiger partial charge in [0.2, 0.25) is 5.91 Å². The van der Waals surface area contributed by atoms with E-state index in [9.17, 15) is 27.2 Å². The largest absolute Gasteiger partial charge is 0.386 e. The lowest BCUT2D eigenvalue weighted by molar-refractivity contribution is -0.117. The monoisotopic (exact) mass is 449 g/mol. The van der Waals surface area contributed by atoms with Crippen molar-refractivity contribution in [2.24, 2.45) is 5.92 Å². The molecule has 0 spiro atoms. The second-order valence-corrected chi connectivity index (χ2v) is 7.89. The Morgan fingerprint density at radius 2 is 1.59 bits per heavy atom. The molecule has 1 saturated carbocycles. The minimum atomic E-state index is -1.51. The van der Waals surface area contributed by atoms with Crippen molar-refractivity contribution in [3.05, 3.63) is 53.1 Å². The summed E-state index contributed by atoms with van der Waals surface area (Å²) in [7, 11) is 1.37. The van der Waals surface area contributed by atoms with Gasteiger partial charge in [0.15, 0.2) is 11.6 Å². The van der Waals surface area contributed by atoms with Crippen molar-refractivity contribution in [2.45, 2.75) is 10.8 Å². The lowest BCUT2D eigenvalue weighted by atomic mass is 10.1. The standard InChI is InChI=1S/C18H13Cl2F4N3O2/c1-25-13-5-14(11(22)4-10(13)21)27-16(28)8-2-7(3-12(23)15(8)24)26-17(29)9-6-18(9,19)20/h2-5,9,25H,6H2,1H3,(H,26,29)(H,27,28)/t9-/m1/s1. The van der Waals surface area contributed by atoms with Crippen LogP contribution in [0.2, 0.25) is 0 Å². The average molecular weight is 450 g/mol. The maximum Gasteiger partial charge on any atom is 0.258 e. The van der Waals surface area contributed by atoms with Gasteiger partial charge in [0, 0.05) is 24.9 Å². The molecule has 5 nitrogen and oxygen atoms in total. The third kappa shape index (κ3) is 4.40. The molecule has 2 aromatic rings. The number of hydrogen-bond donors (Lipinski definition) is 3. The van der Waals surface area contributed by atoms with E-state index in [1.165, 1.54) is 7.05 Å². The lowest BCUT2D eigenvalue weighted by Crippen LogP contribution is -2.19. The zero-order valence-electron chi connectivity index (χ0n) is 14.7. The van der Waals surface area contributed by atoms with Crippen LogP contribution in [0.25, 0.3) is 0 Å². The predicted molar refractivity (Wildman–Crippen MR) is 101 cm³/mol. The van der Waals surface area contributed by atoms with Crippen LogP contribution in [0.3, 0.4) is 0 Å². The highest BCUT2D eigenvalue weighted by atomic mass is 35.5. The number of benzene rings is 2. The molecule has 0 aromatic heterocycles. The van der Waals surface area contributed by atoms with Gasteiger partial charge in [0.05, 0.1) is 22.9 Å². The molecule has 11 heteroatoms. The number of carbonyl (C=O) groups excluding carboxylic acids is 2. The number of halogens is 6. The molecule has 0 aliphatic heterocycles. The molecule has 29 heavy (non-hydrogen) atoms. The zero-order chi connectivity index (χ0) is 21.5. The Balaban J connectivity index is 1.85. The molecule has 3 N–H and O–H groups in total. The number of carbonyl (C=O) groups is 2. The first kappa shape index (κ1) is 21.2. The Kier molecular flexibility index (Phi) is 5.64. The summed E-state index contributed by atoms with van der Waals surface area (Å²) in [5.74, 6) is -7.51. The molecule has 0 bridgehead atoms. The summed E-state index contributed by atoms with van der Waals surface area (Å²) < 4.78 is 54.2. The van der Waals surface area contributed by atoms with Gasteiger partial charge in [-0.05, 0) is 18.6 Å². The first-order chi connectivity index (χ1) is 13.5. The van der Waals surface area contributed by atoms with Crippen LogP contribution < -0.4 is 16.0 Å². The SMILES string of the molecule is CNc1cc(NC(=O)c2cc(NC(=O)[C@H]3CC3(Cl)Cl)cc(F)c2F)c(F)cc1F. The normalized spacial score (nSPS) is 16.9. The number of nitrogens with one attached hydrogen (secondary N) is 3. The fourth-order valence-corrected chi connectivity index (χ4v) is 3.09. The topological polar surface area (TPSA) is 70.2 Å². The minimum absolute atomic E-state index is 0.121. The Morgan fingerprint density at radius 1 is 0.966 bits per heavy atom. The molecule has 0 saturated heterocycles. The maximum absolute atomic E-state index is 14.1. The predicted octanol–water partition coefficient (Wildman–Crippen LogP) is 4.67. The average Bonchev–Trinajstić information content (AvgIpc) is 3.28. The van der Waals surface area contributed by atoms with Crippen molar-refractivity contribution in [1.29, 1.82) is 0 Å². The molecule has 1 atom stereocenters. The van der Waals surface area contributed by atoms with Crippen molar-refractivity contribution in [3.63, 3.8) is 0 Å². The molecule has 2 aromatic carbocycles. The lowest BCUT2D eigenvalue weighted by Gasteiger charge is -2.12. The fraction of sp³-hybridized carbons (Fsp3) is 0.222. The Labute approximate surface area is 172 Å². The van der Waals surface area contributed by atoms with Crippen LogP contribution in [-0.4, -0.2) is 23.2 Å². The zero-order valence-corrected chi connectivity index (χ0v) is 16.2. The van der Waals surface area contributed by atoms with Gasteiger partial charge >= 0.3 is 0 Å². The van der Waals surface area contributed by atoms with E-state index >= 15 is 0 Å². The second-order valence-electron chi connectivity index (χ2n) is 6.34. The van der Waals surface area contributed by atoms with Crippen LogP contribution in [0, 0.1) is 29.2 Å². The van der Waals surface area contributed by atoms with E-state index in [2.05, 4.69) is 10.6 Å². The van der Waals surface area contributed by atoms with Crippen LogP contribution in [0.4, 0.5) is 34.6 Å². The van der Waals surface area contributed by atoms with E-state index in [4.69, 9.17) is 23.2 Å². The number of amides is 2. The number of rotatable bonds is 5. The van der Waals surface area contributed by atoms with Gasteiger partial charge in [-0.3, -0.25) is 9.59 Å². The van der Waals surface area contributed by atoms with Gasteiger partial charge in [-0.2, -0.15) is 0 Å². The number of anilines is 3. The van der Waals surface area contributed by atoms with Gasteiger partial charge < -0.3 is 16.0 Å². The first-order valence-corrected chi connectivity index (χ1v) is 8.95. The van der Waals surface area contributed by atoms with Crippen molar-refractivity contribution in [1.82, 2.24) is 0 Å². The van der Waals surface area contributed by atoms with E-state index in [0.29, 0.717) is 12.1 Å². The summed E-state index contributed by atoms with van der Waals surface area (Å²) in [5.41, 5.74) is -1.59. The smallest absolute Gasteiger partial charge is 0.258 e. The molecule has 0 radical (unpaired) electrons. The highest BCUT2D eigenvalue weighted by Gasteiger charge is 2.56. The highest BCUT2D eigenvalue weighted by molar-refractivity contribution is 6.52. The van der Waals surface area contributed by atoms with Crippen LogP contribution in [0.15, 0.2) is 24.3 Å². The Bertz CT molecular complexity index is 1020. The van der Waals surface area contributed by atoms with E-state index in [-0.39, 0.29) is 17.8 Å². The second kappa shape index (κ2) is 7.72. The third-order valence-corrected chi connectivity index (χ3v) is 5.09. The first-order valence-electron chi connectivity index (χ1n) is 8.19. The molecule has 154 valence electrons. The van der Waals surface area contributed by atoms with E-state index < -0.39 is 56.6 Å². The van der Waals surface area contributed by atoms with Crippen molar-refractivity contribution >= 4 is 52.1 Å². The van der Waals surface area contributed by atoms with Crippen molar-refractivity contribution in [3.8, 4) is 0 Å². The van der Waals surface area contributed by atoms with E-state index in [1.807, 2.05) is 5.32 Å². The molecule has 1 aliphatic rings. The number of hydrogen-bond acceptors (Lipinski definition) is 3. The summed E-state index contributed by atoms with van der Waals surface area (Å²) in [6, 6.07) is 3.03. The van der Waals surface area contributed by atoms with Gasteiger partial charge in [-0.15, -0.1) is 23.2 Å². The van der Waals surface area contributed by atoms with Gasteiger partial charge in [-0.1, -0.05) is 0 Å². The van der Waals surface area contributed by atoms with Crippen LogP contribution in [-0.2, 0) is 4.79 Å². The van der Waals surface area contributed by atoms with Gasteiger partial charge in [0.25, 0.3) is 5.91 Å². The maximum atomic E-state index is 14.1. The minimum Gasteiger partial charge on any atom is -0.386 e. The fourth-order valence-electron chi connectivity index (χ4n) is 2.58. The van der Waals surface area contributed by atoms with Crippen molar-refractivity contribution < 1.29 is 27.2 Å². The summed E-state index contributed by atoms with van der Waals surface area (Å²) in [4.78, 5) is 24.4. The molecule has 1 fully saturated rings. The summed E-state index contributed by atoms with van der Waals surface area (Å²) in [6.07, 6.45) is 0.191. The molecule has 3 rings (SSSR count). The van der Waals surface area contributed by atoms with Crippen LogP contribution >= 0.6 is 23.2 Å². The summed E-state index contributed by atoms with van der Waals surface area (Å²) >= 11 is 11.6. The third-order valence-electron chi connectivity index (χ3n) is 4.26. The summed E-state index contributed by atoms with van der Waals surface area (Å²) in [6.45, 7) is 0. The van der Waals surface area contributed by atoms with Gasteiger partial charge in [-0.25, -0.2) is 17.6 Å². The highest BCUT2D eigenvalue weighted by Crippen LogP contribution is 2.53. The van der Waals surface area contributed by atoms with E-state index in [0.717, 1.165) is 12.1 Å². The van der Waals surface area contributed by atoms with Gasteiger partial charge in [0.1, 0.15) is 16.0 Å². The van der Waals surface area contributed by atoms with Crippen LogP contribution in [0.5, 0.6) is 0 Å². The summed E-state index contributed by atoms with van der Waals surface area (Å²) in [5, 5.41) is 6.79. The quantitative estimate of drug-likeness (QED) is 0.458. The van der Waals surface area contributed by atoms with Crippen molar-refractivity contribution in [2.75, 3.05) is 23.0 Å². The number of alkyl halides is 2. The molecule has 0 heterocycles. The Morgan fingerprint density at radius 3 is 2.17 bits per heavy atom. The Hall–Kier alpha value is -2.52. The molecule has 2 amide bonds. The molecule has 1 aliphatic carbocycles. The van der Waals surface area contributed by atoms with Crippen LogP contribution in [0.1, 0.15) is 16.8 Å². The van der Waals surface area contributed by atoms with E-state index in [1.54, 1.807) is 0 Å². The molecular weight excluding hydrogens is 437 g/mol. The molecular formula is C18H13Cl2F4N3O2.